The van der Waals surface area contributed by atoms with E-state index in [0.29, 0.717) is 5.57 Å². The van der Waals surface area contributed by atoms with Gasteiger partial charge < -0.3 is 5.11 Å². The number of H-pyrrole nitrogens is 1. The van der Waals surface area contributed by atoms with Gasteiger partial charge in [0.05, 0.1) is 0 Å². The van der Waals surface area contributed by atoms with Crippen LogP contribution < -0.4 is 0 Å². The topological polar surface area (TPSA) is 98.5 Å². The van der Waals surface area contributed by atoms with E-state index in [4.69, 9.17) is 10.4 Å². The molecule has 0 radical (unpaired) electrons. The van der Waals surface area contributed by atoms with E-state index in [-0.39, 0.29) is 11.6 Å². The van der Waals surface area contributed by atoms with Crippen LogP contribution in [-0.2, 0) is 0 Å². The zero-order chi connectivity index (χ0) is 11.4. The molecule has 1 aromatic carbocycles. The minimum atomic E-state index is 0.176. The summed E-state index contributed by atoms with van der Waals surface area (Å²) < 4.78 is 0. The Morgan fingerprint density at radius 3 is 2.69 bits per heavy atom. The zero-order valence-corrected chi connectivity index (χ0v) is 8.12. The van der Waals surface area contributed by atoms with Crippen LogP contribution in [0.1, 0.15) is 11.4 Å². The third kappa shape index (κ3) is 2.04. The number of hydrogen-bond donors (Lipinski definition) is 2. The summed E-state index contributed by atoms with van der Waals surface area (Å²) in [6.07, 6.45) is 1.62. The quantitative estimate of drug-likeness (QED) is 0.724. The average molecular weight is 213 g/mol. The zero-order valence-electron chi connectivity index (χ0n) is 8.12. The molecule has 2 rings (SSSR count). The summed E-state index contributed by atoms with van der Waals surface area (Å²) in [5.74, 6) is 0.422. The molecule has 78 valence electrons. The molecule has 1 aromatic heterocycles. The van der Waals surface area contributed by atoms with Gasteiger partial charge in [-0.05, 0) is 29.0 Å². The smallest absolute Gasteiger partial charge is 0.215 e. The van der Waals surface area contributed by atoms with Gasteiger partial charge in [0.15, 0.2) is 0 Å². The van der Waals surface area contributed by atoms with E-state index in [0.717, 1.165) is 5.56 Å². The van der Waals surface area contributed by atoms with Gasteiger partial charge in [0.25, 0.3) is 0 Å². The molecule has 0 saturated carbocycles. The van der Waals surface area contributed by atoms with Crippen molar-refractivity contribution in [1.29, 1.82) is 5.26 Å². The molecule has 0 unspecified atom stereocenters. The van der Waals surface area contributed by atoms with Crippen LogP contribution in [0, 0.1) is 11.3 Å². The number of allylic oxidation sites excluding steroid dienone is 1. The molecule has 0 aliphatic carbocycles. The number of nitriles is 1. The highest BCUT2D eigenvalue weighted by Gasteiger charge is 2.05. The molecule has 16 heavy (non-hydrogen) atoms. The van der Waals surface area contributed by atoms with Gasteiger partial charge in [0.1, 0.15) is 17.4 Å². The van der Waals surface area contributed by atoms with Gasteiger partial charge in [-0.2, -0.15) is 10.5 Å². The number of aromatic hydroxyl groups is 1. The van der Waals surface area contributed by atoms with Crippen molar-refractivity contribution in [3.8, 4) is 11.8 Å². The van der Waals surface area contributed by atoms with Crippen molar-refractivity contribution in [3.63, 3.8) is 0 Å². The summed E-state index contributed by atoms with van der Waals surface area (Å²) in [6.45, 7) is 0. The molecule has 0 atom stereocenters. The second-order valence-electron chi connectivity index (χ2n) is 3.00. The molecular weight excluding hydrogens is 206 g/mol. The fourth-order valence-corrected chi connectivity index (χ4v) is 1.16. The lowest BCUT2D eigenvalue weighted by Gasteiger charge is -1.94. The SMILES string of the molecule is N#CC(=Cc1ccc(O)cc1)c1nn[nH]n1. The minimum Gasteiger partial charge on any atom is -0.508 e. The van der Waals surface area contributed by atoms with Crippen molar-refractivity contribution in [2.24, 2.45) is 0 Å². The van der Waals surface area contributed by atoms with E-state index >= 15 is 0 Å². The van der Waals surface area contributed by atoms with Crippen LogP contribution in [0.2, 0.25) is 0 Å². The van der Waals surface area contributed by atoms with Gasteiger partial charge in [0.2, 0.25) is 5.82 Å². The van der Waals surface area contributed by atoms with E-state index in [9.17, 15) is 0 Å². The number of hydrogen-bond acceptors (Lipinski definition) is 5. The van der Waals surface area contributed by atoms with Gasteiger partial charge in [0, 0.05) is 0 Å². The van der Waals surface area contributed by atoms with E-state index < -0.39 is 0 Å². The van der Waals surface area contributed by atoms with Crippen molar-refractivity contribution in [2.45, 2.75) is 0 Å². The predicted octanol–water partition coefficient (Wildman–Crippen LogP) is 0.969. The van der Waals surface area contributed by atoms with Crippen LogP contribution in [0.5, 0.6) is 5.75 Å². The number of nitrogens with zero attached hydrogens (tertiary/aromatic N) is 4. The van der Waals surface area contributed by atoms with Crippen LogP contribution in [0.25, 0.3) is 11.6 Å². The van der Waals surface area contributed by atoms with E-state index in [2.05, 4.69) is 20.6 Å². The van der Waals surface area contributed by atoms with Crippen LogP contribution in [0.4, 0.5) is 0 Å². The Balaban J connectivity index is 2.36. The molecule has 0 aliphatic rings. The van der Waals surface area contributed by atoms with Crippen LogP contribution >= 0.6 is 0 Å². The summed E-state index contributed by atoms with van der Waals surface area (Å²) >= 11 is 0. The van der Waals surface area contributed by atoms with Crippen LogP contribution in [0.3, 0.4) is 0 Å². The Kier molecular flexibility index (Phi) is 2.61. The first-order valence-corrected chi connectivity index (χ1v) is 4.44. The molecule has 0 amide bonds. The van der Waals surface area contributed by atoms with Gasteiger partial charge in [-0.15, -0.1) is 10.2 Å². The van der Waals surface area contributed by atoms with Gasteiger partial charge in [-0.1, -0.05) is 12.1 Å². The van der Waals surface area contributed by atoms with Gasteiger partial charge >= 0.3 is 0 Å². The van der Waals surface area contributed by atoms with Crippen LogP contribution in [0.15, 0.2) is 24.3 Å². The monoisotopic (exact) mass is 213 g/mol. The molecule has 6 heteroatoms. The molecule has 2 N–H and O–H groups in total. The Bertz CT molecular complexity index is 536. The Labute approximate surface area is 90.9 Å². The standard InChI is InChI=1S/C10H7N5O/c11-6-8(10-12-14-15-13-10)5-7-1-3-9(16)4-2-7/h1-5,16H,(H,12,13,14,15). The highest BCUT2D eigenvalue weighted by molar-refractivity contribution is 5.86. The third-order valence-electron chi connectivity index (χ3n) is 1.91. The molecule has 1 heterocycles. The maximum Gasteiger partial charge on any atom is 0.215 e. The lowest BCUT2D eigenvalue weighted by Crippen LogP contribution is -1.85. The first-order valence-electron chi connectivity index (χ1n) is 4.44. The van der Waals surface area contributed by atoms with Crippen molar-refractivity contribution in [3.05, 3.63) is 35.7 Å². The largest absolute Gasteiger partial charge is 0.508 e. The molecule has 2 aromatic rings. The van der Waals surface area contributed by atoms with Gasteiger partial charge in [-0.25, -0.2) is 0 Å². The Morgan fingerprint density at radius 1 is 1.38 bits per heavy atom. The second kappa shape index (κ2) is 4.23. The number of aromatic amines is 1. The maximum atomic E-state index is 9.11. The highest BCUT2D eigenvalue weighted by atomic mass is 16.3. The first-order chi connectivity index (χ1) is 7.79. The van der Waals surface area contributed by atoms with Gasteiger partial charge in [-0.3, -0.25) is 0 Å². The summed E-state index contributed by atoms with van der Waals surface area (Å²) in [5, 5.41) is 31.1. The fraction of sp³-hybridized carbons (Fsp3) is 0. The van der Waals surface area contributed by atoms with Crippen LogP contribution in [-0.4, -0.2) is 25.7 Å². The Morgan fingerprint density at radius 2 is 2.12 bits per heavy atom. The van der Waals surface area contributed by atoms with Crippen molar-refractivity contribution >= 4 is 11.6 Å². The molecule has 0 saturated heterocycles. The maximum absolute atomic E-state index is 9.11. The average Bonchev–Trinajstić information content (AvgIpc) is 2.82. The van der Waals surface area contributed by atoms with Crippen molar-refractivity contribution in [1.82, 2.24) is 20.6 Å². The predicted molar refractivity (Wildman–Crippen MR) is 55.8 cm³/mol. The molecule has 6 nitrogen and oxygen atoms in total. The molecule has 0 spiro atoms. The first kappa shape index (κ1) is 9.86. The third-order valence-corrected chi connectivity index (χ3v) is 1.91. The molecule has 0 aliphatic heterocycles. The molecular formula is C10H7N5O. The number of nitrogens with one attached hydrogen (secondary N) is 1. The number of phenolic OH excluding ortho intramolecular Hbond substituents is 1. The fourth-order valence-electron chi connectivity index (χ4n) is 1.16. The van der Waals surface area contributed by atoms with E-state index in [1.807, 2.05) is 6.07 Å². The van der Waals surface area contributed by atoms with Crippen molar-refractivity contribution < 1.29 is 5.11 Å². The lowest BCUT2D eigenvalue weighted by molar-refractivity contribution is 0.475. The number of benzene rings is 1. The number of aromatic nitrogens is 4. The van der Waals surface area contributed by atoms with E-state index in [1.165, 1.54) is 12.1 Å². The lowest BCUT2D eigenvalue weighted by atomic mass is 10.1. The summed E-state index contributed by atoms with van der Waals surface area (Å²) in [5.41, 5.74) is 1.08. The van der Waals surface area contributed by atoms with E-state index in [1.54, 1.807) is 18.2 Å². The Hall–Kier alpha value is -2.68. The number of rotatable bonds is 2. The second-order valence-corrected chi connectivity index (χ2v) is 3.00. The summed E-state index contributed by atoms with van der Waals surface area (Å²) in [7, 11) is 0. The number of phenols is 1. The summed E-state index contributed by atoms with van der Waals surface area (Å²) in [6, 6.07) is 8.43. The number of tetrazole rings is 1. The van der Waals surface area contributed by atoms with Crippen molar-refractivity contribution in [2.75, 3.05) is 0 Å². The minimum absolute atomic E-state index is 0.176. The molecule has 0 fully saturated rings. The summed E-state index contributed by atoms with van der Waals surface area (Å²) in [4.78, 5) is 0. The molecule has 0 bridgehead atoms. The normalized spacial score (nSPS) is 11.1. The highest BCUT2D eigenvalue weighted by Crippen LogP contribution is 2.15.